The zero-order valence-corrected chi connectivity index (χ0v) is 9.35. The molecule has 1 heterocycles. The molecule has 2 rings (SSSR count). The van der Waals surface area contributed by atoms with Crippen molar-refractivity contribution < 1.29 is 18.3 Å². The van der Waals surface area contributed by atoms with Crippen LogP contribution in [0.4, 0.5) is 14.6 Å². The van der Waals surface area contributed by atoms with E-state index >= 15 is 0 Å². The number of carbonyl (C=O) groups is 1. The Morgan fingerprint density at radius 2 is 2.11 bits per heavy atom. The van der Waals surface area contributed by atoms with Crippen LogP contribution >= 0.6 is 0 Å². The number of methoxy groups -OCH3 is 1. The van der Waals surface area contributed by atoms with Gasteiger partial charge in [0.15, 0.2) is 17.3 Å². The van der Waals surface area contributed by atoms with Gasteiger partial charge >= 0.3 is 5.97 Å². The molecule has 0 spiro atoms. The van der Waals surface area contributed by atoms with Crippen molar-refractivity contribution >= 4 is 11.8 Å². The topological polar surface area (TPSA) is 70.1 Å². The van der Waals surface area contributed by atoms with Gasteiger partial charge in [0.1, 0.15) is 12.1 Å². The van der Waals surface area contributed by atoms with Crippen molar-refractivity contribution in [3.63, 3.8) is 0 Å². The van der Waals surface area contributed by atoms with Gasteiger partial charge in [-0.1, -0.05) is 0 Å². The fourth-order valence-corrected chi connectivity index (χ4v) is 1.45. The molecule has 0 unspecified atom stereocenters. The van der Waals surface area contributed by atoms with Crippen LogP contribution in [0, 0.1) is 11.6 Å². The van der Waals surface area contributed by atoms with E-state index in [1.165, 1.54) is 24.1 Å². The Bertz CT molecular complexity index is 610. The van der Waals surface area contributed by atoms with E-state index in [1.807, 2.05) is 0 Å². The van der Waals surface area contributed by atoms with Crippen molar-refractivity contribution in [3.05, 3.63) is 41.9 Å². The van der Waals surface area contributed by atoms with Gasteiger partial charge in [-0.2, -0.15) is 0 Å². The molecule has 1 aromatic carbocycles. The van der Waals surface area contributed by atoms with Crippen LogP contribution in [0.25, 0.3) is 5.69 Å². The van der Waals surface area contributed by atoms with E-state index in [0.29, 0.717) is 0 Å². The number of hydrogen-bond donors (Lipinski definition) is 1. The number of esters is 1. The summed E-state index contributed by atoms with van der Waals surface area (Å²) < 4.78 is 31.6. The summed E-state index contributed by atoms with van der Waals surface area (Å²) in [4.78, 5) is 15.1. The van der Waals surface area contributed by atoms with Crippen LogP contribution in [-0.4, -0.2) is 22.6 Å². The molecule has 0 bridgehead atoms. The second-order valence-corrected chi connectivity index (χ2v) is 3.44. The van der Waals surface area contributed by atoms with Crippen LogP contribution in [-0.2, 0) is 4.74 Å². The molecular weight excluding hydrogens is 244 g/mol. The lowest BCUT2D eigenvalue weighted by Gasteiger charge is -2.05. The van der Waals surface area contributed by atoms with Gasteiger partial charge in [-0.05, 0) is 12.1 Å². The van der Waals surface area contributed by atoms with Crippen molar-refractivity contribution in [2.45, 2.75) is 0 Å². The Kier molecular flexibility index (Phi) is 2.97. The largest absolute Gasteiger partial charge is 0.464 e. The van der Waals surface area contributed by atoms with Gasteiger partial charge in [0.05, 0.1) is 12.8 Å². The highest BCUT2D eigenvalue weighted by Gasteiger charge is 2.17. The standard InChI is InChI=1S/C11H9F2N3O2/c1-18-11(17)9-10(14)16(5-15-9)6-2-3-7(12)8(13)4-6/h2-5H,14H2,1H3. The van der Waals surface area contributed by atoms with E-state index in [-0.39, 0.29) is 17.2 Å². The minimum absolute atomic E-state index is 0.00661. The first kappa shape index (κ1) is 12.0. The summed E-state index contributed by atoms with van der Waals surface area (Å²) in [5.41, 5.74) is 5.86. The number of carbonyl (C=O) groups excluding carboxylic acids is 1. The zero-order chi connectivity index (χ0) is 13.3. The monoisotopic (exact) mass is 253 g/mol. The third kappa shape index (κ3) is 1.90. The maximum atomic E-state index is 13.1. The van der Waals surface area contributed by atoms with Crippen LogP contribution in [0.1, 0.15) is 10.5 Å². The molecule has 0 fully saturated rings. The molecule has 0 aliphatic carbocycles. The lowest BCUT2D eigenvalue weighted by Crippen LogP contribution is -2.07. The predicted molar refractivity (Wildman–Crippen MR) is 59.2 cm³/mol. The Hall–Kier alpha value is -2.44. The highest BCUT2D eigenvalue weighted by Crippen LogP contribution is 2.19. The molecule has 0 aliphatic heterocycles. The minimum atomic E-state index is -1.01. The van der Waals surface area contributed by atoms with E-state index in [4.69, 9.17) is 5.73 Å². The Morgan fingerprint density at radius 3 is 2.72 bits per heavy atom. The minimum Gasteiger partial charge on any atom is -0.464 e. The second-order valence-electron chi connectivity index (χ2n) is 3.44. The lowest BCUT2D eigenvalue weighted by atomic mass is 10.3. The Labute approximate surface area is 101 Å². The normalized spacial score (nSPS) is 10.4. The molecule has 94 valence electrons. The third-order valence-corrected chi connectivity index (χ3v) is 2.36. The van der Waals surface area contributed by atoms with Crippen molar-refractivity contribution in [2.75, 3.05) is 12.8 Å². The number of nitrogens with zero attached hydrogens (tertiary/aromatic N) is 2. The first-order valence-electron chi connectivity index (χ1n) is 4.91. The fourth-order valence-electron chi connectivity index (χ4n) is 1.45. The van der Waals surface area contributed by atoms with Crippen LogP contribution in [0.3, 0.4) is 0 Å². The van der Waals surface area contributed by atoms with Crippen molar-refractivity contribution in [2.24, 2.45) is 0 Å². The lowest BCUT2D eigenvalue weighted by molar-refractivity contribution is 0.0596. The fraction of sp³-hybridized carbons (Fsp3) is 0.0909. The summed E-state index contributed by atoms with van der Waals surface area (Å²) in [7, 11) is 1.19. The molecule has 5 nitrogen and oxygen atoms in total. The second kappa shape index (κ2) is 4.44. The molecule has 7 heteroatoms. The molecule has 0 saturated heterocycles. The van der Waals surface area contributed by atoms with Crippen LogP contribution in [0.2, 0.25) is 0 Å². The SMILES string of the molecule is COC(=O)c1ncn(-c2ccc(F)c(F)c2)c1N. The number of nitrogen functional groups attached to an aromatic ring is 1. The number of imidazole rings is 1. The summed E-state index contributed by atoms with van der Waals surface area (Å²) in [5.74, 6) is -2.69. The molecule has 2 aromatic rings. The van der Waals surface area contributed by atoms with Gasteiger partial charge < -0.3 is 10.5 Å². The molecule has 0 saturated carbocycles. The number of anilines is 1. The smallest absolute Gasteiger partial charge is 0.360 e. The van der Waals surface area contributed by atoms with Gasteiger partial charge in [0.25, 0.3) is 0 Å². The predicted octanol–water partition coefficient (Wildman–Crippen LogP) is 1.52. The summed E-state index contributed by atoms with van der Waals surface area (Å²) in [6.07, 6.45) is 1.23. The summed E-state index contributed by atoms with van der Waals surface area (Å²) in [6.45, 7) is 0. The maximum absolute atomic E-state index is 13.1. The van der Waals surface area contributed by atoms with Gasteiger partial charge in [0.2, 0.25) is 0 Å². The number of halogens is 2. The van der Waals surface area contributed by atoms with E-state index in [9.17, 15) is 13.6 Å². The molecule has 0 radical (unpaired) electrons. The number of rotatable bonds is 2. The molecule has 1 aromatic heterocycles. The van der Waals surface area contributed by atoms with Crippen LogP contribution < -0.4 is 5.73 Å². The van der Waals surface area contributed by atoms with Crippen molar-refractivity contribution in [1.29, 1.82) is 0 Å². The maximum Gasteiger partial charge on any atom is 0.360 e. The van der Waals surface area contributed by atoms with Gasteiger partial charge in [-0.3, -0.25) is 4.57 Å². The number of hydrogen-bond acceptors (Lipinski definition) is 4. The average molecular weight is 253 g/mol. The van der Waals surface area contributed by atoms with E-state index < -0.39 is 17.6 Å². The number of aromatic nitrogens is 2. The summed E-state index contributed by atoms with van der Waals surface area (Å²) in [5, 5.41) is 0. The van der Waals surface area contributed by atoms with E-state index in [1.54, 1.807) is 0 Å². The Morgan fingerprint density at radius 1 is 1.39 bits per heavy atom. The first-order valence-corrected chi connectivity index (χ1v) is 4.91. The quantitative estimate of drug-likeness (QED) is 0.824. The summed E-state index contributed by atoms with van der Waals surface area (Å²) >= 11 is 0. The molecular formula is C11H9F2N3O2. The molecule has 0 aliphatic rings. The third-order valence-electron chi connectivity index (χ3n) is 2.36. The van der Waals surface area contributed by atoms with Gasteiger partial charge in [-0.15, -0.1) is 0 Å². The van der Waals surface area contributed by atoms with Crippen LogP contribution in [0.5, 0.6) is 0 Å². The first-order chi connectivity index (χ1) is 8.54. The highest BCUT2D eigenvalue weighted by atomic mass is 19.2. The summed E-state index contributed by atoms with van der Waals surface area (Å²) in [6, 6.07) is 3.23. The van der Waals surface area contributed by atoms with Crippen LogP contribution in [0.15, 0.2) is 24.5 Å². The zero-order valence-electron chi connectivity index (χ0n) is 9.35. The van der Waals surface area contributed by atoms with E-state index in [0.717, 1.165) is 12.1 Å². The number of ether oxygens (including phenoxy) is 1. The molecule has 0 atom stereocenters. The van der Waals surface area contributed by atoms with E-state index in [2.05, 4.69) is 9.72 Å². The molecule has 2 N–H and O–H groups in total. The average Bonchev–Trinajstić information content (AvgIpc) is 2.74. The van der Waals surface area contributed by atoms with Crippen molar-refractivity contribution in [1.82, 2.24) is 9.55 Å². The van der Waals surface area contributed by atoms with Gasteiger partial charge in [-0.25, -0.2) is 18.6 Å². The number of benzene rings is 1. The molecule has 0 amide bonds. The number of nitrogens with two attached hydrogens (primary N) is 1. The van der Waals surface area contributed by atoms with Gasteiger partial charge in [0, 0.05) is 6.07 Å². The van der Waals surface area contributed by atoms with Crippen molar-refractivity contribution in [3.8, 4) is 5.69 Å². The molecule has 18 heavy (non-hydrogen) atoms. The Balaban J connectivity index is 2.48. The highest BCUT2D eigenvalue weighted by molar-refractivity contribution is 5.92.